The molecule has 2 N–H and O–H groups in total. The number of carbonyl (C=O) groups is 2. The molecule has 0 unspecified atom stereocenters. The average Bonchev–Trinajstić information content (AvgIpc) is 2.61. The Labute approximate surface area is 146 Å². The van der Waals surface area contributed by atoms with Crippen molar-refractivity contribution < 1.29 is 18.4 Å². The highest BCUT2D eigenvalue weighted by molar-refractivity contribution is 5.94. The van der Waals surface area contributed by atoms with Crippen LogP contribution in [0.5, 0.6) is 0 Å². The summed E-state index contributed by atoms with van der Waals surface area (Å²) in [5.74, 6) is -2.16. The highest BCUT2D eigenvalue weighted by atomic mass is 19.1. The van der Waals surface area contributed by atoms with Crippen LogP contribution < -0.4 is 10.6 Å². The molecule has 0 atom stereocenters. The molecule has 0 aliphatic carbocycles. The number of likely N-dealkylation sites (tertiary alicyclic amines) is 1. The van der Waals surface area contributed by atoms with Crippen LogP contribution in [0.25, 0.3) is 0 Å². The van der Waals surface area contributed by atoms with Gasteiger partial charge in [0.25, 0.3) is 5.91 Å². The summed E-state index contributed by atoms with van der Waals surface area (Å²) in [6.45, 7) is 5.11. The fourth-order valence-electron chi connectivity index (χ4n) is 2.90. The van der Waals surface area contributed by atoms with Crippen LogP contribution in [0, 0.1) is 17.6 Å². The lowest BCUT2D eigenvalue weighted by atomic mass is 9.95. The van der Waals surface area contributed by atoms with Gasteiger partial charge in [-0.05, 0) is 37.9 Å². The van der Waals surface area contributed by atoms with Crippen molar-refractivity contribution in [3.8, 4) is 0 Å². The number of amides is 2. The maximum atomic E-state index is 13.7. The first-order valence-electron chi connectivity index (χ1n) is 8.75. The lowest BCUT2D eigenvalue weighted by Crippen LogP contribution is -2.44. The van der Waals surface area contributed by atoms with E-state index in [1.807, 2.05) is 0 Å². The van der Waals surface area contributed by atoms with E-state index in [2.05, 4.69) is 17.6 Å². The van der Waals surface area contributed by atoms with Crippen molar-refractivity contribution in [3.63, 3.8) is 0 Å². The van der Waals surface area contributed by atoms with E-state index in [0.717, 1.165) is 31.6 Å². The van der Waals surface area contributed by atoms with E-state index >= 15 is 0 Å². The lowest BCUT2D eigenvalue weighted by molar-refractivity contribution is -0.126. The molecule has 25 heavy (non-hydrogen) atoms. The van der Waals surface area contributed by atoms with Crippen molar-refractivity contribution in [3.05, 3.63) is 35.4 Å². The molecule has 1 aromatic rings. The summed E-state index contributed by atoms with van der Waals surface area (Å²) in [7, 11) is 0. The van der Waals surface area contributed by atoms with Gasteiger partial charge in [-0.25, -0.2) is 8.78 Å². The van der Waals surface area contributed by atoms with Gasteiger partial charge in [0.05, 0.1) is 5.56 Å². The number of nitrogens with zero attached hydrogens (tertiary/aromatic N) is 1. The van der Waals surface area contributed by atoms with Crippen molar-refractivity contribution in [1.82, 2.24) is 15.5 Å². The molecule has 0 radical (unpaired) electrons. The molecule has 2 rings (SSSR count). The van der Waals surface area contributed by atoms with E-state index in [-0.39, 0.29) is 17.4 Å². The van der Waals surface area contributed by atoms with Crippen LogP contribution in [0.2, 0.25) is 0 Å². The molecule has 1 heterocycles. The quantitative estimate of drug-likeness (QED) is 0.737. The van der Waals surface area contributed by atoms with Gasteiger partial charge in [0.15, 0.2) is 0 Å². The van der Waals surface area contributed by atoms with Crippen molar-refractivity contribution in [2.24, 2.45) is 5.92 Å². The van der Waals surface area contributed by atoms with Gasteiger partial charge in [-0.2, -0.15) is 0 Å². The second-order valence-electron chi connectivity index (χ2n) is 6.23. The van der Waals surface area contributed by atoms with E-state index in [1.165, 1.54) is 4.90 Å². The third kappa shape index (κ3) is 5.49. The summed E-state index contributed by atoms with van der Waals surface area (Å²) in [6, 6.07) is 2.94. The van der Waals surface area contributed by atoms with Crippen LogP contribution in [0.1, 0.15) is 36.5 Å². The van der Waals surface area contributed by atoms with Crippen molar-refractivity contribution in [2.45, 2.75) is 26.2 Å². The molecular formula is C18H25F2N3O2. The van der Waals surface area contributed by atoms with E-state index in [4.69, 9.17) is 0 Å². The van der Waals surface area contributed by atoms with Gasteiger partial charge in [-0.1, -0.05) is 6.92 Å². The minimum absolute atomic E-state index is 0.00152. The Morgan fingerprint density at radius 3 is 2.52 bits per heavy atom. The smallest absolute Gasteiger partial charge is 0.256 e. The Bertz CT molecular complexity index is 602. The zero-order chi connectivity index (χ0) is 18.2. The molecule has 0 aromatic heterocycles. The number of rotatable bonds is 7. The predicted octanol–water partition coefficient (Wildman–Crippen LogP) is 1.93. The van der Waals surface area contributed by atoms with Gasteiger partial charge >= 0.3 is 0 Å². The van der Waals surface area contributed by atoms with Crippen LogP contribution in [0.15, 0.2) is 18.2 Å². The number of halogens is 2. The van der Waals surface area contributed by atoms with E-state index in [1.54, 1.807) is 0 Å². The highest BCUT2D eigenvalue weighted by Gasteiger charge is 2.28. The Kier molecular flexibility index (Phi) is 7.31. The standard InChI is InChI=1S/C18H25F2N3O2/c1-2-7-21-8-9-22-17(24)13-5-10-23(11-6-13)18(25)15-4-3-14(19)12-16(15)20/h3-4,12-13,21H,2,5-11H2,1H3,(H,22,24). The summed E-state index contributed by atoms with van der Waals surface area (Å²) >= 11 is 0. The number of benzene rings is 1. The lowest BCUT2D eigenvalue weighted by Gasteiger charge is -2.31. The van der Waals surface area contributed by atoms with Crippen LogP contribution in [-0.4, -0.2) is 49.4 Å². The summed E-state index contributed by atoms with van der Waals surface area (Å²) in [4.78, 5) is 26.0. The fraction of sp³-hybridized carbons (Fsp3) is 0.556. The molecule has 1 saturated heterocycles. The van der Waals surface area contributed by atoms with Crippen LogP contribution in [0.4, 0.5) is 8.78 Å². The first-order valence-corrected chi connectivity index (χ1v) is 8.75. The third-order valence-corrected chi connectivity index (χ3v) is 4.34. The Morgan fingerprint density at radius 1 is 1.16 bits per heavy atom. The molecule has 0 saturated carbocycles. The summed E-state index contributed by atoms with van der Waals surface area (Å²) in [5.41, 5.74) is -0.133. The van der Waals surface area contributed by atoms with E-state index in [0.29, 0.717) is 38.5 Å². The van der Waals surface area contributed by atoms with Gasteiger partial charge in [-0.15, -0.1) is 0 Å². The first kappa shape index (κ1) is 19.3. The maximum absolute atomic E-state index is 13.7. The molecule has 5 nitrogen and oxygen atoms in total. The third-order valence-electron chi connectivity index (χ3n) is 4.34. The van der Waals surface area contributed by atoms with Gasteiger partial charge < -0.3 is 15.5 Å². The van der Waals surface area contributed by atoms with Gasteiger partial charge in [0.2, 0.25) is 5.91 Å². The minimum Gasteiger partial charge on any atom is -0.355 e. The number of carbonyl (C=O) groups excluding carboxylic acids is 2. The van der Waals surface area contributed by atoms with Gasteiger partial charge in [0, 0.05) is 38.2 Å². The molecule has 1 fully saturated rings. The molecule has 0 bridgehead atoms. The largest absolute Gasteiger partial charge is 0.355 e. The molecular weight excluding hydrogens is 328 g/mol. The SMILES string of the molecule is CCCNCCNC(=O)C1CCN(C(=O)c2ccc(F)cc2F)CC1. The van der Waals surface area contributed by atoms with Crippen LogP contribution in [0.3, 0.4) is 0 Å². The number of hydrogen-bond acceptors (Lipinski definition) is 3. The normalized spacial score (nSPS) is 15.2. The topological polar surface area (TPSA) is 61.4 Å². The van der Waals surface area contributed by atoms with E-state index < -0.39 is 17.5 Å². The number of nitrogens with one attached hydrogen (secondary N) is 2. The first-order chi connectivity index (χ1) is 12.0. The Morgan fingerprint density at radius 2 is 1.88 bits per heavy atom. The Balaban J connectivity index is 1.78. The molecule has 0 spiro atoms. The van der Waals surface area contributed by atoms with Crippen molar-refractivity contribution in [1.29, 1.82) is 0 Å². The van der Waals surface area contributed by atoms with Crippen molar-refractivity contribution >= 4 is 11.8 Å². The van der Waals surface area contributed by atoms with E-state index in [9.17, 15) is 18.4 Å². The maximum Gasteiger partial charge on any atom is 0.256 e. The molecule has 1 aromatic carbocycles. The summed E-state index contributed by atoms with van der Waals surface area (Å²) < 4.78 is 26.7. The zero-order valence-corrected chi connectivity index (χ0v) is 14.5. The Hall–Kier alpha value is -2.02. The average molecular weight is 353 g/mol. The molecule has 2 amide bonds. The van der Waals surface area contributed by atoms with Crippen molar-refractivity contribution in [2.75, 3.05) is 32.7 Å². The fourth-order valence-corrected chi connectivity index (χ4v) is 2.90. The van der Waals surface area contributed by atoms with Crippen LogP contribution >= 0.6 is 0 Å². The molecule has 7 heteroatoms. The monoisotopic (exact) mass is 353 g/mol. The number of hydrogen-bond donors (Lipinski definition) is 2. The number of piperidine rings is 1. The second kappa shape index (κ2) is 9.46. The summed E-state index contributed by atoms with van der Waals surface area (Å²) in [6.07, 6.45) is 2.14. The highest BCUT2D eigenvalue weighted by Crippen LogP contribution is 2.20. The summed E-state index contributed by atoms with van der Waals surface area (Å²) in [5, 5.41) is 6.11. The van der Waals surface area contributed by atoms with Gasteiger partial charge in [-0.3, -0.25) is 9.59 Å². The minimum atomic E-state index is -0.857. The predicted molar refractivity (Wildman–Crippen MR) is 91.2 cm³/mol. The van der Waals surface area contributed by atoms with Gasteiger partial charge in [0.1, 0.15) is 11.6 Å². The zero-order valence-electron chi connectivity index (χ0n) is 14.5. The molecule has 1 aliphatic heterocycles. The van der Waals surface area contributed by atoms with Crippen LogP contribution in [-0.2, 0) is 4.79 Å². The molecule has 1 aliphatic rings. The second-order valence-corrected chi connectivity index (χ2v) is 6.23. The molecule has 138 valence electrons.